The molecule has 14 heteroatoms. The third-order valence-electron chi connectivity index (χ3n) is 5.42. The summed E-state index contributed by atoms with van der Waals surface area (Å²) in [6.45, 7) is 5.65. The van der Waals surface area contributed by atoms with E-state index in [0.29, 0.717) is 17.3 Å². The minimum Gasteiger partial charge on any atom is -0.490 e. The largest absolute Gasteiger partial charge is 0.490 e. The Balaban J connectivity index is 0.000000505. The Bertz CT molecular complexity index is 1270. The van der Waals surface area contributed by atoms with Crippen LogP contribution in [0, 0.1) is 0 Å². The molecule has 0 aromatic carbocycles. The van der Waals surface area contributed by atoms with Gasteiger partial charge in [0.15, 0.2) is 0 Å². The first-order chi connectivity index (χ1) is 17.8. The van der Waals surface area contributed by atoms with Gasteiger partial charge < -0.3 is 24.9 Å². The van der Waals surface area contributed by atoms with E-state index in [1.807, 2.05) is 24.4 Å². The number of carboxylic acids is 1. The van der Waals surface area contributed by atoms with Crippen LogP contribution in [0.3, 0.4) is 0 Å². The topological polar surface area (TPSA) is 118 Å². The molecule has 3 aromatic heterocycles. The molecule has 1 saturated heterocycles. The second-order valence-corrected chi connectivity index (χ2v) is 8.68. The number of amides is 1. The minimum absolute atomic E-state index is 0.0550. The van der Waals surface area contributed by atoms with Crippen LogP contribution in [-0.4, -0.2) is 56.7 Å². The summed E-state index contributed by atoms with van der Waals surface area (Å²) in [5.41, 5.74) is 1.56. The molecule has 4 rings (SSSR count). The number of nitrogens with zero attached hydrogens (tertiary/aromatic N) is 3. The van der Waals surface area contributed by atoms with Crippen molar-refractivity contribution < 1.29 is 41.4 Å². The molecule has 0 unspecified atom stereocenters. The van der Waals surface area contributed by atoms with Crippen molar-refractivity contribution in [3.8, 4) is 5.75 Å². The summed E-state index contributed by atoms with van der Waals surface area (Å²) in [5.74, 6) is -2.44. The van der Waals surface area contributed by atoms with Crippen LogP contribution in [0.4, 0.5) is 27.8 Å². The molecular formula is C24H26F5N5O4. The van der Waals surface area contributed by atoms with E-state index in [1.54, 1.807) is 12.3 Å². The molecule has 4 heterocycles. The number of imidazole rings is 1. The van der Waals surface area contributed by atoms with Gasteiger partial charge in [0, 0.05) is 24.4 Å². The van der Waals surface area contributed by atoms with Gasteiger partial charge in [-0.15, -0.1) is 0 Å². The number of hydrogen-bond acceptors (Lipinski definition) is 6. The van der Waals surface area contributed by atoms with Crippen LogP contribution in [0.25, 0.3) is 5.65 Å². The molecule has 0 saturated carbocycles. The molecule has 0 aliphatic carbocycles. The number of pyridine rings is 2. The Morgan fingerprint density at radius 3 is 2.39 bits per heavy atom. The highest BCUT2D eigenvalue weighted by molar-refractivity contribution is 6.05. The number of rotatable bonds is 6. The molecule has 1 amide bonds. The van der Waals surface area contributed by atoms with Crippen LogP contribution in [0.15, 0.2) is 36.7 Å². The molecule has 1 fully saturated rings. The smallest absolute Gasteiger partial charge is 0.490 e. The fourth-order valence-corrected chi connectivity index (χ4v) is 3.70. The van der Waals surface area contributed by atoms with Crippen molar-refractivity contribution in [1.29, 1.82) is 0 Å². The van der Waals surface area contributed by atoms with Gasteiger partial charge in [0.25, 0.3) is 12.3 Å². The second kappa shape index (κ2) is 12.2. The number of ether oxygens (including phenoxy) is 1. The number of hydrogen-bond donors (Lipinski definition) is 3. The summed E-state index contributed by atoms with van der Waals surface area (Å²) in [6, 6.07) is 5.85. The molecule has 3 aromatic rings. The zero-order valence-corrected chi connectivity index (χ0v) is 20.4. The van der Waals surface area contributed by atoms with Gasteiger partial charge >= 0.3 is 12.1 Å². The minimum atomic E-state index is -5.08. The zero-order valence-electron chi connectivity index (χ0n) is 20.4. The van der Waals surface area contributed by atoms with Crippen LogP contribution >= 0.6 is 0 Å². The molecule has 38 heavy (non-hydrogen) atoms. The summed E-state index contributed by atoms with van der Waals surface area (Å²) in [6.07, 6.45) is -2.33. The van der Waals surface area contributed by atoms with Crippen molar-refractivity contribution in [1.82, 2.24) is 19.7 Å². The van der Waals surface area contributed by atoms with E-state index >= 15 is 0 Å². The van der Waals surface area contributed by atoms with Crippen molar-refractivity contribution in [2.45, 2.75) is 51.3 Å². The van der Waals surface area contributed by atoms with E-state index in [1.165, 1.54) is 18.2 Å². The molecule has 0 radical (unpaired) electrons. The van der Waals surface area contributed by atoms with Gasteiger partial charge in [-0.05, 0) is 51.9 Å². The van der Waals surface area contributed by atoms with Crippen molar-refractivity contribution in [2.24, 2.45) is 0 Å². The van der Waals surface area contributed by atoms with E-state index in [2.05, 4.69) is 15.6 Å². The van der Waals surface area contributed by atoms with E-state index in [9.17, 15) is 26.7 Å². The number of anilines is 1. The summed E-state index contributed by atoms with van der Waals surface area (Å²) < 4.78 is 65.3. The van der Waals surface area contributed by atoms with Crippen LogP contribution in [0.2, 0.25) is 0 Å². The monoisotopic (exact) mass is 543 g/mol. The van der Waals surface area contributed by atoms with Crippen LogP contribution in [0.1, 0.15) is 60.8 Å². The fourth-order valence-electron chi connectivity index (χ4n) is 3.70. The van der Waals surface area contributed by atoms with Gasteiger partial charge in [0.1, 0.15) is 22.9 Å². The lowest BCUT2D eigenvalue weighted by Gasteiger charge is -2.20. The van der Waals surface area contributed by atoms with Crippen molar-refractivity contribution in [3.05, 3.63) is 53.6 Å². The van der Waals surface area contributed by atoms with E-state index in [-0.39, 0.29) is 17.5 Å². The van der Waals surface area contributed by atoms with Gasteiger partial charge in [-0.25, -0.2) is 23.5 Å². The molecule has 0 atom stereocenters. The first-order valence-corrected chi connectivity index (χ1v) is 11.6. The van der Waals surface area contributed by atoms with Crippen molar-refractivity contribution in [2.75, 3.05) is 18.4 Å². The molecule has 3 N–H and O–H groups in total. The Morgan fingerprint density at radius 2 is 1.82 bits per heavy atom. The number of nitrogens with one attached hydrogen (secondary N) is 2. The third-order valence-corrected chi connectivity index (χ3v) is 5.42. The number of piperidine rings is 1. The highest BCUT2D eigenvalue weighted by atomic mass is 19.4. The molecule has 206 valence electrons. The van der Waals surface area contributed by atoms with E-state index in [0.717, 1.165) is 31.6 Å². The quantitative estimate of drug-likeness (QED) is 0.382. The maximum atomic E-state index is 13.0. The number of carbonyl (C=O) groups excluding carboxylic acids is 1. The first-order valence-electron chi connectivity index (χ1n) is 11.6. The number of carbonyl (C=O) groups is 2. The summed E-state index contributed by atoms with van der Waals surface area (Å²) >= 11 is 0. The SMILES string of the molecule is CC(C)Oc1cc2nc(C3CCNCC3)cn2cc1C(=O)Nc1cccc(C(F)F)n1.O=C(O)C(F)(F)F. The third kappa shape index (κ3) is 7.60. The van der Waals surface area contributed by atoms with Gasteiger partial charge in [0.05, 0.1) is 17.4 Å². The Morgan fingerprint density at radius 1 is 1.16 bits per heavy atom. The van der Waals surface area contributed by atoms with Crippen LogP contribution in [0.5, 0.6) is 5.75 Å². The van der Waals surface area contributed by atoms with Crippen LogP contribution < -0.4 is 15.4 Å². The summed E-state index contributed by atoms with van der Waals surface area (Å²) in [4.78, 5) is 30.4. The van der Waals surface area contributed by atoms with Gasteiger partial charge in [-0.1, -0.05) is 6.07 Å². The van der Waals surface area contributed by atoms with Crippen molar-refractivity contribution in [3.63, 3.8) is 0 Å². The van der Waals surface area contributed by atoms with E-state index in [4.69, 9.17) is 19.6 Å². The predicted octanol–water partition coefficient (Wildman–Crippen LogP) is 4.81. The Kier molecular flexibility index (Phi) is 9.20. The van der Waals surface area contributed by atoms with E-state index < -0.39 is 30.2 Å². The normalized spacial score (nSPS) is 14.3. The Labute approximate surface area is 214 Å². The molecule has 9 nitrogen and oxygen atoms in total. The van der Waals surface area contributed by atoms with Crippen LogP contribution in [-0.2, 0) is 4.79 Å². The predicted molar refractivity (Wildman–Crippen MR) is 127 cm³/mol. The zero-order chi connectivity index (χ0) is 28.0. The maximum absolute atomic E-state index is 13.0. The van der Waals surface area contributed by atoms with Crippen molar-refractivity contribution >= 4 is 23.3 Å². The average Bonchev–Trinajstić information content (AvgIpc) is 3.26. The lowest BCUT2D eigenvalue weighted by Crippen LogP contribution is -2.26. The molecule has 0 bridgehead atoms. The molecular weight excluding hydrogens is 517 g/mol. The summed E-state index contributed by atoms with van der Waals surface area (Å²) in [5, 5.41) is 13.1. The Hall–Kier alpha value is -3.81. The molecule has 0 spiro atoms. The number of aliphatic carboxylic acids is 1. The first kappa shape index (κ1) is 28.8. The number of halogens is 5. The number of carboxylic acid groups (broad SMARTS) is 1. The average molecular weight is 543 g/mol. The van der Waals surface area contributed by atoms with Gasteiger partial charge in [0.2, 0.25) is 0 Å². The lowest BCUT2D eigenvalue weighted by molar-refractivity contribution is -0.192. The number of aromatic nitrogens is 3. The van der Waals surface area contributed by atoms with Gasteiger partial charge in [-0.2, -0.15) is 13.2 Å². The van der Waals surface area contributed by atoms with Gasteiger partial charge in [-0.3, -0.25) is 4.79 Å². The highest BCUT2D eigenvalue weighted by Crippen LogP contribution is 2.28. The molecule has 1 aliphatic heterocycles. The highest BCUT2D eigenvalue weighted by Gasteiger charge is 2.38. The fraction of sp³-hybridized carbons (Fsp3) is 0.417. The second-order valence-electron chi connectivity index (χ2n) is 8.68. The maximum Gasteiger partial charge on any atom is 0.490 e. The standard InChI is InChI=1S/C22H25F2N5O2.C2HF3O2/c1-13(2)31-18-10-20-27-17(14-6-8-25-9-7-14)12-29(20)11-15(18)22(30)28-19-5-3-4-16(26-19)21(23)24;3-2(4,5)1(6)7/h3-5,10-14,21,25H,6-9H2,1-2H3,(H,26,28,30);(H,6,7). The number of alkyl halides is 5. The summed E-state index contributed by atoms with van der Waals surface area (Å²) in [7, 11) is 0. The lowest BCUT2D eigenvalue weighted by atomic mass is 9.95. The molecule has 1 aliphatic rings. The number of fused-ring (bicyclic) bond motifs is 1.